The second kappa shape index (κ2) is 6.33. The van der Waals surface area contributed by atoms with E-state index in [0.717, 1.165) is 18.4 Å². The van der Waals surface area contributed by atoms with E-state index in [9.17, 15) is 5.11 Å². The molecule has 0 atom stereocenters. The number of methoxy groups -OCH3 is 1. The Morgan fingerprint density at radius 2 is 2.00 bits per heavy atom. The van der Waals surface area contributed by atoms with Crippen LogP contribution in [0.2, 0.25) is 0 Å². The summed E-state index contributed by atoms with van der Waals surface area (Å²) in [5, 5.41) is 9.57. The average molecular weight is 208 g/mol. The summed E-state index contributed by atoms with van der Waals surface area (Å²) < 4.78 is 5.18. The number of unbranched alkanes of at least 4 members (excludes halogenated alkanes) is 3. The van der Waals surface area contributed by atoms with Crippen LogP contribution in [0.1, 0.15) is 38.2 Å². The Labute approximate surface area is 91.9 Å². The van der Waals surface area contributed by atoms with Gasteiger partial charge in [0.25, 0.3) is 0 Å². The van der Waals surface area contributed by atoms with E-state index < -0.39 is 0 Å². The highest BCUT2D eigenvalue weighted by Gasteiger charge is 2.06. The molecule has 1 N–H and O–H groups in total. The standard InChI is InChI=1S/C13H20O2/c1-3-4-5-6-8-11-9-7-10-12(14)13(11)15-2/h7,9-10,14H,3-6,8H2,1-2H3. The third kappa shape index (κ3) is 3.46. The molecule has 0 fully saturated rings. The Morgan fingerprint density at radius 3 is 2.67 bits per heavy atom. The van der Waals surface area contributed by atoms with Gasteiger partial charge in [-0.2, -0.15) is 0 Å². The molecule has 0 aliphatic carbocycles. The second-order valence-electron chi connectivity index (χ2n) is 3.78. The molecule has 0 heterocycles. The van der Waals surface area contributed by atoms with Crippen molar-refractivity contribution in [1.29, 1.82) is 0 Å². The van der Waals surface area contributed by atoms with E-state index in [1.54, 1.807) is 13.2 Å². The first kappa shape index (κ1) is 11.9. The fourth-order valence-electron chi connectivity index (χ4n) is 1.75. The summed E-state index contributed by atoms with van der Waals surface area (Å²) in [5.74, 6) is 0.875. The molecule has 0 aromatic heterocycles. The zero-order valence-corrected chi connectivity index (χ0v) is 9.62. The number of hydrogen-bond donors (Lipinski definition) is 1. The summed E-state index contributed by atoms with van der Waals surface area (Å²) in [5.41, 5.74) is 1.11. The van der Waals surface area contributed by atoms with Crippen LogP contribution in [0.15, 0.2) is 18.2 Å². The normalized spacial score (nSPS) is 10.3. The molecule has 0 radical (unpaired) electrons. The van der Waals surface area contributed by atoms with Crippen molar-refractivity contribution in [2.75, 3.05) is 7.11 Å². The number of phenolic OH excluding ortho intramolecular Hbond substituents is 1. The van der Waals surface area contributed by atoms with Gasteiger partial charge in [-0.15, -0.1) is 0 Å². The molecule has 0 saturated carbocycles. The first-order chi connectivity index (χ1) is 7.29. The van der Waals surface area contributed by atoms with Crippen LogP contribution in [0, 0.1) is 0 Å². The van der Waals surface area contributed by atoms with Crippen molar-refractivity contribution in [2.24, 2.45) is 0 Å². The minimum atomic E-state index is 0.241. The van der Waals surface area contributed by atoms with E-state index in [4.69, 9.17) is 4.74 Å². The average Bonchev–Trinajstić information content (AvgIpc) is 2.24. The molecule has 1 aromatic carbocycles. The summed E-state index contributed by atoms with van der Waals surface area (Å²) in [4.78, 5) is 0. The summed E-state index contributed by atoms with van der Waals surface area (Å²) >= 11 is 0. The summed E-state index contributed by atoms with van der Waals surface area (Å²) in [6, 6.07) is 5.55. The Morgan fingerprint density at radius 1 is 1.20 bits per heavy atom. The summed E-state index contributed by atoms with van der Waals surface area (Å²) in [6.45, 7) is 2.20. The number of aromatic hydroxyl groups is 1. The highest BCUT2D eigenvalue weighted by Crippen LogP contribution is 2.30. The van der Waals surface area contributed by atoms with Gasteiger partial charge in [0.05, 0.1) is 7.11 Å². The first-order valence-electron chi connectivity index (χ1n) is 5.64. The smallest absolute Gasteiger partial charge is 0.163 e. The number of hydrogen-bond acceptors (Lipinski definition) is 2. The van der Waals surface area contributed by atoms with E-state index in [2.05, 4.69) is 6.92 Å². The third-order valence-electron chi connectivity index (χ3n) is 2.58. The fraction of sp³-hybridized carbons (Fsp3) is 0.538. The number of aryl methyl sites for hydroxylation is 1. The minimum Gasteiger partial charge on any atom is -0.504 e. The van der Waals surface area contributed by atoms with Gasteiger partial charge in [0, 0.05) is 0 Å². The molecule has 15 heavy (non-hydrogen) atoms. The quantitative estimate of drug-likeness (QED) is 0.725. The van der Waals surface area contributed by atoms with Gasteiger partial charge in [-0.05, 0) is 24.5 Å². The summed E-state index contributed by atoms with van der Waals surface area (Å²) in [7, 11) is 1.60. The van der Waals surface area contributed by atoms with E-state index >= 15 is 0 Å². The van der Waals surface area contributed by atoms with Gasteiger partial charge in [0.1, 0.15) is 0 Å². The Balaban J connectivity index is 2.56. The lowest BCUT2D eigenvalue weighted by Crippen LogP contribution is -1.92. The highest BCUT2D eigenvalue weighted by molar-refractivity contribution is 5.45. The van der Waals surface area contributed by atoms with Crippen LogP contribution < -0.4 is 4.74 Å². The van der Waals surface area contributed by atoms with Crippen LogP contribution in [0.3, 0.4) is 0 Å². The molecular weight excluding hydrogens is 188 g/mol. The molecular formula is C13H20O2. The Bertz CT molecular complexity index is 295. The van der Waals surface area contributed by atoms with Crippen LogP contribution in [0.5, 0.6) is 11.5 Å². The number of para-hydroxylation sites is 1. The lowest BCUT2D eigenvalue weighted by Gasteiger charge is -2.09. The SMILES string of the molecule is CCCCCCc1cccc(O)c1OC. The maximum atomic E-state index is 9.57. The van der Waals surface area contributed by atoms with E-state index in [1.165, 1.54) is 19.3 Å². The maximum absolute atomic E-state index is 9.57. The Hall–Kier alpha value is -1.18. The predicted octanol–water partition coefficient (Wildman–Crippen LogP) is 3.52. The minimum absolute atomic E-state index is 0.241. The van der Waals surface area contributed by atoms with Crippen molar-refractivity contribution < 1.29 is 9.84 Å². The monoisotopic (exact) mass is 208 g/mol. The molecule has 0 unspecified atom stereocenters. The number of ether oxygens (including phenoxy) is 1. The predicted molar refractivity (Wildman–Crippen MR) is 62.5 cm³/mol. The molecule has 2 nitrogen and oxygen atoms in total. The largest absolute Gasteiger partial charge is 0.504 e. The van der Waals surface area contributed by atoms with E-state index in [1.807, 2.05) is 12.1 Å². The molecule has 1 rings (SSSR count). The number of rotatable bonds is 6. The van der Waals surface area contributed by atoms with Crippen molar-refractivity contribution in [2.45, 2.75) is 39.0 Å². The first-order valence-corrected chi connectivity index (χ1v) is 5.64. The van der Waals surface area contributed by atoms with Crippen LogP contribution >= 0.6 is 0 Å². The zero-order valence-electron chi connectivity index (χ0n) is 9.62. The highest BCUT2D eigenvalue weighted by atomic mass is 16.5. The number of benzene rings is 1. The molecule has 0 saturated heterocycles. The Kier molecular flexibility index (Phi) is 5.02. The van der Waals surface area contributed by atoms with Crippen LogP contribution in [-0.4, -0.2) is 12.2 Å². The molecule has 0 amide bonds. The molecule has 84 valence electrons. The lowest BCUT2D eigenvalue weighted by molar-refractivity contribution is 0.368. The van der Waals surface area contributed by atoms with Crippen molar-refractivity contribution >= 4 is 0 Å². The van der Waals surface area contributed by atoms with Crippen LogP contribution in [0.25, 0.3) is 0 Å². The van der Waals surface area contributed by atoms with Crippen LogP contribution in [-0.2, 0) is 6.42 Å². The zero-order chi connectivity index (χ0) is 11.1. The van der Waals surface area contributed by atoms with Crippen LogP contribution in [0.4, 0.5) is 0 Å². The fourth-order valence-corrected chi connectivity index (χ4v) is 1.75. The van der Waals surface area contributed by atoms with Crippen molar-refractivity contribution in [3.8, 4) is 11.5 Å². The molecule has 0 aliphatic rings. The van der Waals surface area contributed by atoms with Gasteiger partial charge in [0.15, 0.2) is 11.5 Å². The molecule has 0 aliphatic heterocycles. The molecule has 1 aromatic rings. The molecule has 0 spiro atoms. The maximum Gasteiger partial charge on any atom is 0.163 e. The lowest BCUT2D eigenvalue weighted by atomic mass is 10.0. The molecule has 0 bridgehead atoms. The van der Waals surface area contributed by atoms with Gasteiger partial charge >= 0.3 is 0 Å². The van der Waals surface area contributed by atoms with Gasteiger partial charge in [-0.1, -0.05) is 38.3 Å². The topological polar surface area (TPSA) is 29.5 Å². The van der Waals surface area contributed by atoms with Crippen molar-refractivity contribution in [1.82, 2.24) is 0 Å². The molecule has 2 heteroatoms. The second-order valence-corrected chi connectivity index (χ2v) is 3.78. The van der Waals surface area contributed by atoms with E-state index in [0.29, 0.717) is 5.75 Å². The number of phenols is 1. The van der Waals surface area contributed by atoms with Crippen molar-refractivity contribution in [3.05, 3.63) is 23.8 Å². The van der Waals surface area contributed by atoms with Gasteiger partial charge in [0.2, 0.25) is 0 Å². The van der Waals surface area contributed by atoms with Crippen molar-refractivity contribution in [3.63, 3.8) is 0 Å². The summed E-state index contributed by atoms with van der Waals surface area (Å²) in [6.07, 6.45) is 5.92. The van der Waals surface area contributed by atoms with Gasteiger partial charge < -0.3 is 9.84 Å². The van der Waals surface area contributed by atoms with E-state index in [-0.39, 0.29) is 5.75 Å². The van der Waals surface area contributed by atoms with Gasteiger partial charge in [-0.3, -0.25) is 0 Å². The third-order valence-corrected chi connectivity index (χ3v) is 2.58. The van der Waals surface area contributed by atoms with Gasteiger partial charge in [-0.25, -0.2) is 0 Å².